The Morgan fingerprint density at radius 1 is 1.38 bits per heavy atom. The van der Waals surface area contributed by atoms with E-state index >= 15 is 0 Å². The van der Waals surface area contributed by atoms with Crippen LogP contribution in [0.3, 0.4) is 0 Å². The van der Waals surface area contributed by atoms with E-state index in [0.29, 0.717) is 5.92 Å². The summed E-state index contributed by atoms with van der Waals surface area (Å²) in [4.78, 5) is 0. The van der Waals surface area contributed by atoms with Crippen molar-refractivity contribution in [2.24, 2.45) is 5.92 Å². The van der Waals surface area contributed by atoms with Crippen molar-refractivity contribution in [1.82, 2.24) is 0 Å². The Balaban J connectivity index is 2.22. The molecule has 1 aromatic carbocycles. The molecule has 0 radical (unpaired) electrons. The van der Waals surface area contributed by atoms with Gasteiger partial charge < -0.3 is 10.8 Å². The van der Waals surface area contributed by atoms with E-state index in [2.05, 4.69) is 0 Å². The van der Waals surface area contributed by atoms with Crippen molar-refractivity contribution in [2.75, 3.05) is 17.2 Å². The molecule has 2 rings (SSSR count). The first-order valence-corrected chi connectivity index (χ1v) is 6.92. The Bertz CT molecular complexity index is 359. The molecule has 1 heterocycles. The molecular formula is C13H19NOS. The van der Waals surface area contributed by atoms with Crippen LogP contribution in [0, 0.1) is 5.92 Å². The molecule has 1 atom stereocenters. The Kier molecular flexibility index (Phi) is 3.45. The lowest BCUT2D eigenvalue weighted by molar-refractivity contribution is -0.00958. The number of aliphatic hydroxyl groups is 1. The van der Waals surface area contributed by atoms with Gasteiger partial charge in [0.05, 0.1) is 5.60 Å². The average molecular weight is 237 g/mol. The second-order valence-electron chi connectivity index (χ2n) is 4.66. The molecule has 3 heteroatoms. The van der Waals surface area contributed by atoms with Crippen molar-refractivity contribution in [1.29, 1.82) is 0 Å². The summed E-state index contributed by atoms with van der Waals surface area (Å²) in [6, 6.07) is 7.63. The van der Waals surface area contributed by atoms with Crippen molar-refractivity contribution in [3.05, 3.63) is 29.8 Å². The maximum absolute atomic E-state index is 10.7. The standard InChI is InChI=1S/C13H19NOS/c1-13(15,10-5-7-16-8-6-10)11-3-2-4-12(14)9-11/h2-4,9-10,15H,5-8,14H2,1H3. The van der Waals surface area contributed by atoms with Gasteiger partial charge in [0.15, 0.2) is 0 Å². The molecule has 3 N–H and O–H groups in total. The molecule has 88 valence electrons. The molecule has 16 heavy (non-hydrogen) atoms. The normalized spacial score (nSPS) is 21.6. The van der Waals surface area contributed by atoms with Crippen LogP contribution in [0.4, 0.5) is 5.69 Å². The summed E-state index contributed by atoms with van der Waals surface area (Å²) >= 11 is 1.98. The van der Waals surface area contributed by atoms with Crippen LogP contribution >= 0.6 is 11.8 Å². The highest BCUT2D eigenvalue weighted by atomic mass is 32.2. The lowest BCUT2D eigenvalue weighted by Crippen LogP contribution is -2.34. The first kappa shape index (κ1) is 11.8. The molecule has 0 amide bonds. The van der Waals surface area contributed by atoms with Crippen molar-refractivity contribution in [3.63, 3.8) is 0 Å². The molecule has 0 aliphatic carbocycles. The van der Waals surface area contributed by atoms with Gasteiger partial charge in [0, 0.05) is 5.69 Å². The fourth-order valence-electron chi connectivity index (χ4n) is 2.35. The molecule has 0 spiro atoms. The molecule has 0 saturated carbocycles. The van der Waals surface area contributed by atoms with Crippen LogP contribution in [-0.4, -0.2) is 16.6 Å². The summed E-state index contributed by atoms with van der Waals surface area (Å²) in [5.74, 6) is 2.67. The van der Waals surface area contributed by atoms with Gasteiger partial charge in [-0.1, -0.05) is 12.1 Å². The number of nitrogens with two attached hydrogens (primary N) is 1. The molecule has 1 aliphatic rings. The summed E-state index contributed by atoms with van der Waals surface area (Å²) in [6.07, 6.45) is 2.18. The van der Waals surface area contributed by atoms with Crippen LogP contribution in [0.2, 0.25) is 0 Å². The summed E-state index contributed by atoms with van der Waals surface area (Å²) in [6.45, 7) is 1.92. The van der Waals surface area contributed by atoms with Gasteiger partial charge in [-0.25, -0.2) is 0 Å². The third kappa shape index (κ3) is 2.36. The summed E-state index contributed by atoms with van der Waals surface area (Å²) in [7, 11) is 0. The Morgan fingerprint density at radius 3 is 2.69 bits per heavy atom. The van der Waals surface area contributed by atoms with Crippen molar-refractivity contribution >= 4 is 17.4 Å². The van der Waals surface area contributed by atoms with Crippen LogP contribution in [0.1, 0.15) is 25.3 Å². The zero-order valence-electron chi connectivity index (χ0n) is 9.65. The van der Waals surface area contributed by atoms with Gasteiger partial charge in [-0.2, -0.15) is 11.8 Å². The third-order valence-corrected chi connectivity index (χ3v) is 4.54. The van der Waals surface area contributed by atoms with Crippen LogP contribution in [0.5, 0.6) is 0 Å². The zero-order chi connectivity index (χ0) is 11.6. The number of thioether (sulfide) groups is 1. The number of hydrogen-bond donors (Lipinski definition) is 2. The minimum atomic E-state index is -0.740. The molecule has 1 fully saturated rings. The highest BCUT2D eigenvalue weighted by molar-refractivity contribution is 7.99. The molecule has 1 saturated heterocycles. The first-order chi connectivity index (χ1) is 7.60. The smallest absolute Gasteiger partial charge is 0.0897 e. The summed E-state index contributed by atoms with van der Waals surface area (Å²) in [5, 5.41) is 10.7. The second kappa shape index (κ2) is 4.68. The van der Waals surface area contributed by atoms with Gasteiger partial charge in [-0.05, 0) is 54.9 Å². The monoisotopic (exact) mass is 237 g/mol. The largest absolute Gasteiger partial charge is 0.399 e. The topological polar surface area (TPSA) is 46.2 Å². The van der Waals surface area contributed by atoms with E-state index < -0.39 is 5.60 Å². The van der Waals surface area contributed by atoms with Crippen molar-refractivity contribution in [3.8, 4) is 0 Å². The fourth-order valence-corrected chi connectivity index (χ4v) is 3.46. The van der Waals surface area contributed by atoms with Crippen LogP contribution in [0.15, 0.2) is 24.3 Å². The minimum Gasteiger partial charge on any atom is -0.399 e. The summed E-state index contributed by atoms with van der Waals surface area (Å²) < 4.78 is 0. The van der Waals surface area contributed by atoms with Crippen LogP contribution in [-0.2, 0) is 5.60 Å². The van der Waals surface area contributed by atoms with Crippen LogP contribution < -0.4 is 5.73 Å². The molecule has 1 unspecified atom stereocenters. The van der Waals surface area contributed by atoms with Crippen molar-refractivity contribution < 1.29 is 5.11 Å². The zero-order valence-corrected chi connectivity index (χ0v) is 10.5. The van der Waals surface area contributed by atoms with Crippen LogP contribution in [0.25, 0.3) is 0 Å². The Morgan fingerprint density at radius 2 is 2.06 bits per heavy atom. The van der Waals surface area contributed by atoms with E-state index in [9.17, 15) is 5.11 Å². The molecule has 1 aliphatic heterocycles. The maximum atomic E-state index is 10.7. The predicted octanol–water partition coefficient (Wildman–Crippen LogP) is 2.62. The van der Waals surface area contributed by atoms with Gasteiger partial charge in [-0.3, -0.25) is 0 Å². The average Bonchev–Trinajstić information content (AvgIpc) is 2.30. The quantitative estimate of drug-likeness (QED) is 0.777. The maximum Gasteiger partial charge on any atom is 0.0897 e. The molecule has 2 nitrogen and oxygen atoms in total. The number of nitrogen functional groups attached to an aromatic ring is 1. The van der Waals surface area contributed by atoms with Gasteiger partial charge in [0.25, 0.3) is 0 Å². The lowest BCUT2D eigenvalue weighted by Gasteiger charge is -2.36. The number of rotatable bonds is 2. The highest BCUT2D eigenvalue weighted by Gasteiger charge is 2.34. The van der Waals surface area contributed by atoms with E-state index in [1.54, 1.807) is 0 Å². The SMILES string of the molecule is CC(O)(c1cccc(N)c1)C1CCSCC1. The van der Waals surface area contributed by atoms with E-state index in [4.69, 9.17) is 5.73 Å². The Labute approximate surface area is 101 Å². The number of anilines is 1. The Hall–Kier alpha value is -0.670. The molecule has 1 aromatic rings. The lowest BCUT2D eigenvalue weighted by atomic mass is 9.79. The van der Waals surface area contributed by atoms with Gasteiger partial charge in [0.1, 0.15) is 0 Å². The van der Waals surface area contributed by atoms with E-state index in [0.717, 1.165) is 35.6 Å². The van der Waals surface area contributed by atoms with Gasteiger partial charge in [0.2, 0.25) is 0 Å². The first-order valence-electron chi connectivity index (χ1n) is 5.77. The molecule has 0 bridgehead atoms. The number of benzene rings is 1. The van der Waals surface area contributed by atoms with E-state index in [-0.39, 0.29) is 0 Å². The van der Waals surface area contributed by atoms with E-state index in [1.165, 1.54) is 0 Å². The summed E-state index contributed by atoms with van der Waals surface area (Å²) in [5.41, 5.74) is 6.70. The van der Waals surface area contributed by atoms with E-state index in [1.807, 2.05) is 43.0 Å². The second-order valence-corrected chi connectivity index (χ2v) is 5.88. The third-order valence-electron chi connectivity index (χ3n) is 3.49. The highest BCUT2D eigenvalue weighted by Crippen LogP contribution is 2.38. The molecular weight excluding hydrogens is 218 g/mol. The fraction of sp³-hybridized carbons (Fsp3) is 0.538. The van der Waals surface area contributed by atoms with Gasteiger partial charge >= 0.3 is 0 Å². The van der Waals surface area contributed by atoms with Gasteiger partial charge in [-0.15, -0.1) is 0 Å². The predicted molar refractivity (Wildman–Crippen MR) is 70.5 cm³/mol. The minimum absolute atomic E-state index is 0.357. The van der Waals surface area contributed by atoms with Crippen molar-refractivity contribution in [2.45, 2.75) is 25.4 Å². The number of hydrogen-bond acceptors (Lipinski definition) is 3. The molecule has 0 aromatic heterocycles.